The first-order valence-electron chi connectivity index (χ1n) is 9.98. The topological polar surface area (TPSA) is 75.0 Å². The standard InChI is InChI=1S/C22H27ClN2O3/c1-15-24-21(26)19(22(27)25-15)14-17-13-18(23)10-11-20(17)28-12-6-5-9-16-7-3-2-4-8-16/h10-11,13-14,16H,1-9,12H2,(H,24,26)(H,25,27). The number of H-pyrrole nitrogens is 2. The van der Waals surface area contributed by atoms with Crippen molar-refractivity contribution in [1.82, 2.24) is 9.97 Å². The highest BCUT2D eigenvalue weighted by molar-refractivity contribution is 6.30. The van der Waals surface area contributed by atoms with Gasteiger partial charge in [0.15, 0.2) is 0 Å². The fourth-order valence-corrected chi connectivity index (χ4v) is 3.97. The van der Waals surface area contributed by atoms with Crippen LogP contribution in [0.3, 0.4) is 0 Å². The molecule has 0 saturated heterocycles. The largest absolute Gasteiger partial charge is 0.493 e. The molecule has 28 heavy (non-hydrogen) atoms. The first-order valence-corrected chi connectivity index (χ1v) is 10.4. The van der Waals surface area contributed by atoms with Gasteiger partial charge in [-0.25, -0.2) is 0 Å². The van der Waals surface area contributed by atoms with E-state index in [4.69, 9.17) is 16.3 Å². The molecule has 2 N–H and O–H groups in total. The number of benzene rings is 1. The molecule has 150 valence electrons. The van der Waals surface area contributed by atoms with Gasteiger partial charge >= 0.3 is 0 Å². The number of halogens is 1. The highest BCUT2D eigenvalue weighted by Crippen LogP contribution is 2.28. The Morgan fingerprint density at radius 3 is 2.54 bits per heavy atom. The third kappa shape index (κ3) is 5.61. The summed E-state index contributed by atoms with van der Waals surface area (Å²) >= 11 is 6.10. The molecule has 0 amide bonds. The molecule has 0 unspecified atom stereocenters. The van der Waals surface area contributed by atoms with Gasteiger partial charge in [0, 0.05) is 10.6 Å². The van der Waals surface area contributed by atoms with Crippen molar-refractivity contribution in [2.45, 2.75) is 51.4 Å². The molecular formula is C22H27ClN2O3. The Morgan fingerprint density at radius 2 is 1.82 bits per heavy atom. The number of hydrogen-bond donors (Lipinski definition) is 2. The van der Waals surface area contributed by atoms with Gasteiger partial charge in [0.05, 0.1) is 6.61 Å². The zero-order chi connectivity index (χ0) is 19.9. The molecule has 3 rings (SSSR count). The van der Waals surface area contributed by atoms with Crippen LogP contribution in [0, 0.1) is 5.92 Å². The van der Waals surface area contributed by atoms with Crippen molar-refractivity contribution in [3.05, 3.63) is 60.2 Å². The lowest BCUT2D eigenvalue weighted by atomic mass is 9.86. The quantitative estimate of drug-likeness (QED) is 0.699. The molecule has 0 radical (unpaired) electrons. The smallest absolute Gasteiger partial charge is 0.262 e. The van der Waals surface area contributed by atoms with E-state index in [-0.39, 0.29) is 10.7 Å². The summed E-state index contributed by atoms with van der Waals surface area (Å²) in [5.74, 6) is 1.49. The molecule has 0 bridgehead atoms. The molecule has 0 atom stereocenters. The Kier molecular flexibility index (Phi) is 7.15. The van der Waals surface area contributed by atoms with Crippen LogP contribution in [0.5, 0.6) is 5.75 Å². The van der Waals surface area contributed by atoms with E-state index in [9.17, 15) is 9.59 Å². The zero-order valence-corrected chi connectivity index (χ0v) is 16.8. The maximum Gasteiger partial charge on any atom is 0.262 e. The summed E-state index contributed by atoms with van der Waals surface area (Å²) in [7, 11) is 0. The Morgan fingerprint density at radius 1 is 1.11 bits per heavy atom. The summed E-state index contributed by atoms with van der Waals surface area (Å²) < 4.78 is 5.93. The van der Waals surface area contributed by atoms with Crippen molar-refractivity contribution < 1.29 is 4.74 Å². The van der Waals surface area contributed by atoms with Crippen LogP contribution >= 0.6 is 11.6 Å². The van der Waals surface area contributed by atoms with Crippen molar-refractivity contribution in [2.24, 2.45) is 5.92 Å². The molecule has 1 saturated carbocycles. The van der Waals surface area contributed by atoms with E-state index in [0.717, 1.165) is 18.8 Å². The Hall–Kier alpha value is -2.27. The van der Waals surface area contributed by atoms with Crippen LogP contribution in [-0.4, -0.2) is 16.6 Å². The third-order valence-corrected chi connectivity index (χ3v) is 5.51. The van der Waals surface area contributed by atoms with Crippen molar-refractivity contribution in [1.29, 1.82) is 0 Å². The number of aromatic amines is 2. The van der Waals surface area contributed by atoms with Gasteiger partial charge in [-0.2, -0.15) is 0 Å². The lowest BCUT2D eigenvalue weighted by Gasteiger charge is -2.21. The van der Waals surface area contributed by atoms with Gasteiger partial charge in [0.1, 0.15) is 16.4 Å². The monoisotopic (exact) mass is 402 g/mol. The van der Waals surface area contributed by atoms with Gasteiger partial charge in [-0.05, 0) is 43.0 Å². The Bertz CT molecular complexity index is 982. The van der Waals surface area contributed by atoms with Crippen molar-refractivity contribution >= 4 is 24.3 Å². The maximum absolute atomic E-state index is 12.1. The number of nitrogens with one attached hydrogen (secondary N) is 2. The van der Waals surface area contributed by atoms with E-state index in [0.29, 0.717) is 22.9 Å². The van der Waals surface area contributed by atoms with Gasteiger partial charge in [0.2, 0.25) is 0 Å². The van der Waals surface area contributed by atoms with E-state index in [2.05, 4.69) is 16.5 Å². The Balaban J connectivity index is 1.68. The molecule has 1 fully saturated rings. The van der Waals surface area contributed by atoms with Gasteiger partial charge in [0.25, 0.3) is 11.1 Å². The minimum atomic E-state index is -0.493. The fraction of sp³-hybridized carbons (Fsp3) is 0.455. The molecular weight excluding hydrogens is 376 g/mol. The predicted octanol–water partition coefficient (Wildman–Crippen LogP) is 3.09. The number of aromatic nitrogens is 2. The number of rotatable bonds is 7. The lowest BCUT2D eigenvalue weighted by molar-refractivity contribution is 0.283. The van der Waals surface area contributed by atoms with Crippen LogP contribution in [0.25, 0.3) is 12.7 Å². The summed E-state index contributed by atoms with van der Waals surface area (Å²) in [6.07, 6.45) is 11.8. The minimum Gasteiger partial charge on any atom is -0.493 e. The minimum absolute atomic E-state index is 0.00295. The lowest BCUT2D eigenvalue weighted by Crippen LogP contribution is -2.47. The van der Waals surface area contributed by atoms with E-state index >= 15 is 0 Å². The molecule has 1 aromatic heterocycles. The molecule has 0 spiro atoms. The molecule has 1 aliphatic rings. The highest BCUT2D eigenvalue weighted by Gasteiger charge is 2.12. The highest BCUT2D eigenvalue weighted by atomic mass is 35.5. The van der Waals surface area contributed by atoms with Crippen LogP contribution in [0.1, 0.15) is 56.9 Å². The fourth-order valence-electron chi connectivity index (χ4n) is 3.79. The van der Waals surface area contributed by atoms with Crippen LogP contribution in [0.15, 0.2) is 27.8 Å². The van der Waals surface area contributed by atoms with E-state index in [1.807, 2.05) is 0 Å². The van der Waals surface area contributed by atoms with E-state index in [1.54, 1.807) is 18.2 Å². The van der Waals surface area contributed by atoms with Crippen LogP contribution in [-0.2, 0) is 0 Å². The average Bonchev–Trinajstić information content (AvgIpc) is 2.66. The van der Waals surface area contributed by atoms with Gasteiger partial charge < -0.3 is 14.7 Å². The second kappa shape index (κ2) is 9.78. The number of unbranched alkanes of at least 4 members (excludes halogenated alkanes) is 1. The first kappa shape index (κ1) is 20.5. The average molecular weight is 403 g/mol. The van der Waals surface area contributed by atoms with Gasteiger partial charge in [-0.3, -0.25) is 9.59 Å². The SMILES string of the molecule is C=c1[nH]c(=O)c(=Cc2cc(Cl)ccc2OCCCCC2CCCCC2)c(=O)[nH]1. The normalized spacial score (nSPS) is 14.8. The maximum atomic E-state index is 12.1. The first-order chi connectivity index (χ1) is 13.5. The summed E-state index contributed by atoms with van der Waals surface area (Å²) in [5.41, 5.74) is -0.209. The van der Waals surface area contributed by atoms with Gasteiger partial charge in [-0.15, -0.1) is 0 Å². The zero-order valence-electron chi connectivity index (χ0n) is 16.1. The van der Waals surface area contributed by atoms with Crippen molar-refractivity contribution in [3.63, 3.8) is 0 Å². The molecule has 5 nitrogen and oxygen atoms in total. The second-order valence-electron chi connectivity index (χ2n) is 7.48. The number of hydrogen-bond acceptors (Lipinski definition) is 3. The van der Waals surface area contributed by atoms with Crippen LogP contribution in [0.4, 0.5) is 0 Å². The molecule has 1 heterocycles. The summed E-state index contributed by atoms with van der Waals surface area (Å²) in [6, 6.07) is 5.20. The van der Waals surface area contributed by atoms with E-state index in [1.165, 1.54) is 44.6 Å². The van der Waals surface area contributed by atoms with Gasteiger partial charge in [-0.1, -0.05) is 56.7 Å². The van der Waals surface area contributed by atoms with Crippen molar-refractivity contribution in [3.8, 4) is 5.75 Å². The molecule has 2 aromatic rings. The van der Waals surface area contributed by atoms with Crippen molar-refractivity contribution in [2.75, 3.05) is 6.61 Å². The Labute approximate surface area is 169 Å². The summed E-state index contributed by atoms with van der Waals surface area (Å²) in [4.78, 5) is 29.2. The van der Waals surface area contributed by atoms with Crippen LogP contribution in [0.2, 0.25) is 5.02 Å². The summed E-state index contributed by atoms with van der Waals surface area (Å²) in [5, 5.41) is 0.509. The summed E-state index contributed by atoms with van der Waals surface area (Å²) in [6.45, 7) is 4.14. The molecule has 1 aliphatic carbocycles. The molecule has 6 heteroatoms. The van der Waals surface area contributed by atoms with E-state index < -0.39 is 11.1 Å². The molecule has 0 aliphatic heterocycles. The molecule has 1 aromatic carbocycles. The predicted molar refractivity (Wildman–Crippen MR) is 113 cm³/mol. The van der Waals surface area contributed by atoms with Crippen LogP contribution < -0.4 is 26.6 Å². The second-order valence-corrected chi connectivity index (χ2v) is 7.91. The third-order valence-electron chi connectivity index (χ3n) is 5.28. The number of ether oxygens (including phenoxy) is 1.